The molecule has 0 heterocycles. The molecule has 98 valence electrons. The van der Waals surface area contributed by atoms with Crippen LogP contribution in [0.3, 0.4) is 0 Å². The summed E-state index contributed by atoms with van der Waals surface area (Å²) < 4.78 is 0. The minimum absolute atomic E-state index is 0.119. The molecule has 2 aromatic rings. The van der Waals surface area contributed by atoms with Crippen molar-refractivity contribution in [3.8, 4) is 11.5 Å². The molecule has 0 amide bonds. The van der Waals surface area contributed by atoms with Crippen molar-refractivity contribution in [3.05, 3.63) is 65.7 Å². The van der Waals surface area contributed by atoms with E-state index in [9.17, 15) is 10.2 Å². The summed E-state index contributed by atoms with van der Waals surface area (Å²) in [5.41, 5.74) is 2.07. The molecular weight excluding hydrogens is 236 g/mol. The number of benzene rings is 2. The molecule has 0 aliphatic heterocycles. The van der Waals surface area contributed by atoms with E-state index in [2.05, 4.69) is 19.9 Å². The van der Waals surface area contributed by atoms with Gasteiger partial charge in [0, 0.05) is 5.41 Å². The van der Waals surface area contributed by atoms with Gasteiger partial charge in [0.15, 0.2) is 0 Å². The van der Waals surface area contributed by atoms with Crippen LogP contribution in [-0.4, -0.2) is 10.2 Å². The summed E-state index contributed by atoms with van der Waals surface area (Å²) in [4.78, 5) is 0. The summed E-state index contributed by atoms with van der Waals surface area (Å²) in [7, 11) is 0. The van der Waals surface area contributed by atoms with E-state index in [4.69, 9.17) is 0 Å². The van der Waals surface area contributed by atoms with Crippen LogP contribution in [0, 0.1) is 0 Å². The quantitative estimate of drug-likeness (QED) is 0.866. The SMILES string of the molecule is CC(C)(C=Cc1ccc(O)cc1)c1ccc(O)cc1. The molecule has 0 aliphatic rings. The highest BCUT2D eigenvalue weighted by Gasteiger charge is 2.16. The Morgan fingerprint density at radius 2 is 1.26 bits per heavy atom. The first-order valence-electron chi connectivity index (χ1n) is 6.25. The average molecular weight is 254 g/mol. The number of hydrogen-bond donors (Lipinski definition) is 2. The summed E-state index contributed by atoms with van der Waals surface area (Å²) in [5.74, 6) is 0.553. The van der Waals surface area contributed by atoms with Crippen LogP contribution < -0.4 is 0 Å². The topological polar surface area (TPSA) is 40.5 Å². The number of aromatic hydroxyl groups is 2. The second kappa shape index (κ2) is 5.19. The van der Waals surface area contributed by atoms with Crippen molar-refractivity contribution < 1.29 is 10.2 Å². The second-order valence-corrected chi connectivity index (χ2v) is 5.19. The minimum atomic E-state index is -0.119. The lowest BCUT2D eigenvalue weighted by Crippen LogP contribution is -2.12. The van der Waals surface area contributed by atoms with E-state index in [1.54, 1.807) is 24.3 Å². The van der Waals surface area contributed by atoms with Gasteiger partial charge in [-0.25, -0.2) is 0 Å². The van der Waals surface area contributed by atoms with Crippen LogP contribution >= 0.6 is 0 Å². The number of allylic oxidation sites excluding steroid dienone is 1. The molecule has 0 fully saturated rings. The molecule has 2 nitrogen and oxygen atoms in total. The Balaban J connectivity index is 2.20. The van der Waals surface area contributed by atoms with E-state index in [0.717, 1.165) is 11.1 Å². The molecular formula is C17H18O2. The molecule has 2 aromatic carbocycles. The maximum atomic E-state index is 9.31. The number of hydrogen-bond acceptors (Lipinski definition) is 2. The normalized spacial score (nSPS) is 11.9. The molecule has 19 heavy (non-hydrogen) atoms. The van der Waals surface area contributed by atoms with E-state index < -0.39 is 0 Å². The molecule has 2 heteroatoms. The van der Waals surface area contributed by atoms with E-state index in [1.165, 1.54) is 0 Å². The van der Waals surface area contributed by atoms with E-state index in [1.807, 2.05) is 30.3 Å². The van der Waals surface area contributed by atoms with Crippen molar-refractivity contribution in [2.45, 2.75) is 19.3 Å². The molecule has 0 atom stereocenters. The molecule has 0 bridgehead atoms. The van der Waals surface area contributed by atoms with Crippen molar-refractivity contribution >= 4 is 6.08 Å². The molecule has 0 unspecified atom stereocenters. The van der Waals surface area contributed by atoms with Crippen molar-refractivity contribution in [1.29, 1.82) is 0 Å². The van der Waals surface area contributed by atoms with Crippen molar-refractivity contribution in [2.24, 2.45) is 0 Å². The van der Waals surface area contributed by atoms with Crippen LogP contribution in [0.4, 0.5) is 0 Å². The van der Waals surface area contributed by atoms with E-state index in [-0.39, 0.29) is 16.9 Å². The molecule has 0 aliphatic carbocycles. The standard InChI is InChI=1S/C17H18O2/c1-17(2,14-5-9-16(19)10-6-14)12-11-13-3-7-15(18)8-4-13/h3-12,18-19H,1-2H3. The highest BCUT2D eigenvalue weighted by atomic mass is 16.3. The van der Waals surface area contributed by atoms with Gasteiger partial charge >= 0.3 is 0 Å². The van der Waals surface area contributed by atoms with Crippen molar-refractivity contribution in [1.82, 2.24) is 0 Å². The van der Waals surface area contributed by atoms with E-state index >= 15 is 0 Å². The third-order valence-corrected chi connectivity index (χ3v) is 3.20. The lowest BCUT2D eigenvalue weighted by atomic mass is 9.84. The molecule has 0 spiro atoms. The molecule has 0 saturated heterocycles. The van der Waals surface area contributed by atoms with Gasteiger partial charge in [-0.1, -0.05) is 50.3 Å². The highest BCUT2D eigenvalue weighted by Crippen LogP contribution is 2.27. The molecule has 0 saturated carbocycles. The molecule has 2 rings (SSSR count). The van der Waals surface area contributed by atoms with Crippen LogP contribution in [0.25, 0.3) is 6.08 Å². The van der Waals surface area contributed by atoms with Crippen molar-refractivity contribution in [2.75, 3.05) is 0 Å². The Hall–Kier alpha value is -2.22. The molecule has 0 aromatic heterocycles. The summed E-state index contributed by atoms with van der Waals surface area (Å²) >= 11 is 0. The van der Waals surface area contributed by atoms with Crippen molar-refractivity contribution in [3.63, 3.8) is 0 Å². The third-order valence-electron chi connectivity index (χ3n) is 3.20. The van der Waals surface area contributed by atoms with Gasteiger partial charge in [0.1, 0.15) is 11.5 Å². The minimum Gasteiger partial charge on any atom is -0.508 e. The highest BCUT2D eigenvalue weighted by molar-refractivity contribution is 5.53. The zero-order valence-electron chi connectivity index (χ0n) is 11.2. The number of rotatable bonds is 3. The smallest absolute Gasteiger partial charge is 0.115 e. The zero-order chi connectivity index (χ0) is 13.9. The number of phenolic OH excluding ortho intramolecular Hbond substituents is 2. The first-order chi connectivity index (χ1) is 8.97. The summed E-state index contributed by atoms with van der Waals surface area (Å²) in [5, 5.41) is 18.6. The summed E-state index contributed by atoms with van der Waals surface area (Å²) in [6.07, 6.45) is 4.15. The Bertz CT molecular complexity index is 563. The van der Waals surface area contributed by atoms with Crippen LogP contribution in [0.5, 0.6) is 11.5 Å². The fourth-order valence-electron chi connectivity index (χ4n) is 1.88. The van der Waals surface area contributed by atoms with Crippen LogP contribution in [-0.2, 0) is 5.41 Å². The fourth-order valence-corrected chi connectivity index (χ4v) is 1.88. The largest absolute Gasteiger partial charge is 0.508 e. The molecule has 2 N–H and O–H groups in total. The van der Waals surface area contributed by atoms with Gasteiger partial charge in [-0.05, 0) is 35.4 Å². The van der Waals surface area contributed by atoms with Crippen LogP contribution in [0.1, 0.15) is 25.0 Å². The third kappa shape index (κ3) is 3.38. The second-order valence-electron chi connectivity index (χ2n) is 5.19. The lowest BCUT2D eigenvalue weighted by Gasteiger charge is -2.21. The van der Waals surface area contributed by atoms with Gasteiger partial charge < -0.3 is 10.2 Å². The van der Waals surface area contributed by atoms with Gasteiger partial charge in [0.2, 0.25) is 0 Å². The van der Waals surface area contributed by atoms with Gasteiger partial charge in [-0.3, -0.25) is 0 Å². The van der Waals surface area contributed by atoms with Crippen LogP contribution in [0.2, 0.25) is 0 Å². The number of phenols is 2. The predicted octanol–water partition coefficient (Wildman–Crippen LogP) is 4.09. The molecule has 0 radical (unpaired) electrons. The average Bonchev–Trinajstić information content (AvgIpc) is 2.39. The monoisotopic (exact) mass is 254 g/mol. The first-order valence-corrected chi connectivity index (χ1v) is 6.25. The van der Waals surface area contributed by atoms with Gasteiger partial charge in [-0.2, -0.15) is 0 Å². The lowest BCUT2D eigenvalue weighted by molar-refractivity contribution is 0.474. The maximum absolute atomic E-state index is 9.31. The summed E-state index contributed by atoms with van der Waals surface area (Å²) in [6.45, 7) is 4.24. The maximum Gasteiger partial charge on any atom is 0.115 e. The zero-order valence-corrected chi connectivity index (χ0v) is 11.2. The first kappa shape index (κ1) is 13.2. The van der Waals surface area contributed by atoms with Crippen LogP contribution in [0.15, 0.2) is 54.6 Å². The Kier molecular flexibility index (Phi) is 3.61. The Morgan fingerprint density at radius 3 is 1.79 bits per heavy atom. The Morgan fingerprint density at radius 1 is 0.789 bits per heavy atom. The predicted molar refractivity (Wildman–Crippen MR) is 78.3 cm³/mol. The van der Waals surface area contributed by atoms with Gasteiger partial charge in [0.05, 0.1) is 0 Å². The summed E-state index contributed by atoms with van der Waals surface area (Å²) in [6, 6.07) is 14.3. The Labute approximate surface area is 113 Å². The van der Waals surface area contributed by atoms with Gasteiger partial charge in [-0.15, -0.1) is 0 Å². The van der Waals surface area contributed by atoms with Gasteiger partial charge in [0.25, 0.3) is 0 Å². The fraction of sp³-hybridized carbons (Fsp3) is 0.176. The van der Waals surface area contributed by atoms with E-state index in [0.29, 0.717) is 0 Å².